The third kappa shape index (κ3) is 5.73. The number of aromatic hydroxyl groups is 1. The summed E-state index contributed by atoms with van der Waals surface area (Å²) in [5.74, 6) is -0.412. The van der Waals surface area contributed by atoms with Crippen LogP contribution < -0.4 is 10.0 Å². The average molecular weight is 358 g/mol. The monoisotopic (exact) mass is 358 g/mol. The van der Waals surface area contributed by atoms with Crippen molar-refractivity contribution in [1.29, 1.82) is 0 Å². The standard InChI is InChI=1S/C18H22N4O4/c1-2-8-21(17(24)11-15-5-6-16(23)12-20-15)10-7-19-18(25)14-4-3-9-22(26)13-14/h3-6,9,12-13,23H,2,7-8,10-11H2,1H3,(H,19,25). The number of pyridine rings is 2. The van der Waals surface area contributed by atoms with E-state index in [1.54, 1.807) is 17.0 Å². The summed E-state index contributed by atoms with van der Waals surface area (Å²) < 4.78 is 0.562. The molecule has 0 unspecified atom stereocenters. The lowest BCUT2D eigenvalue weighted by Crippen LogP contribution is -2.40. The molecular weight excluding hydrogens is 336 g/mol. The Labute approximate surface area is 151 Å². The van der Waals surface area contributed by atoms with Gasteiger partial charge in [-0.25, -0.2) is 0 Å². The molecule has 0 aliphatic heterocycles. The van der Waals surface area contributed by atoms with Gasteiger partial charge in [0.2, 0.25) is 5.91 Å². The Balaban J connectivity index is 1.87. The SMILES string of the molecule is CCCN(CCNC(=O)c1ccc[n+]([O-])c1)C(=O)Cc1ccc(O)cn1. The number of nitrogens with one attached hydrogen (secondary N) is 1. The van der Waals surface area contributed by atoms with Crippen LogP contribution in [0.2, 0.25) is 0 Å². The average Bonchev–Trinajstić information content (AvgIpc) is 2.62. The Hall–Kier alpha value is -3.16. The number of rotatable bonds is 8. The van der Waals surface area contributed by atoms with Gasteiger partial charge in [-0.15, -0.1) is 0 Å². The van der Waals surface area contributed by atoms with Gasteiger partial charge in [-0.05, 0) is 24.6 Å². The lowest BCUT2D eigenvalue weighted by molar-refractivity contribution is -0.605. The Bertz CT molecular complexity index is 749. The summed E-state index contributed by atoms with van der Waals surface area (Å²) in [6.45, 7) is 3.18. The van der Waals surface area contributed by atoms with Crippen LogP contribution in [-0.4, -0.2) is 46.4 Å². The van der Waals surface area contributed by atoms with E-state index in [4.69, 9.17) is 0 Å². The molecular formula is C18H22N4O4. The van der Waals surface area contributed by atoms with Crippen molar-refractivity contribution in [2.45, 2.75) is 19.8 Å². The second kappa shape index (κ2) is 9.36. The first-order valence-electron chi connectivity index (χ1n) is 8.38. The molecule has 0 aliphatic rings. The minimum absolute atomic E-state index is 0.0506. The molecule has 2 aromatic rings. The lowest BCUT2D eigenvalue weighted by atomic mass is 10.2. The van der Waals surface area contributed by atoms with Crippen LogP contribution >= 0.6 is 0 Å². The van der Waals surface area contributed by atoms with E-state index in [-0.39, 0.29) is 36.1 Å². The van der Waals surface area contributed by atoms with Crippen LogP contribution in [0.4, 0.5) is 0 Å². The van der Waals surface area contributed by atoms with Crippen LogP contribution in [0.25, 0.3) is 0 Å². The number of amides is 2. The molecule has 8 nitrogen and oxygen atoms in total. The zero-order valence-corrected chi connectivity index (χ0v) is 14.6. The van der Waals surface area contributed by atoms with Crippen LogP contribution in [-0.2, 0) is 11.2 Å². The number of carbonyl (C=O) groups is 2. The second-order valence-corrected chi connectivity index (χ2v) is 5.77. The first kappa shape index (κ1) is 19.2. The van der Waals surface area contributed by atoms with Crippen LogP contribution in [0.5, 0.6) is 5.75 Å². The quantitative estimate of drug-likeness (QED) is 0.531. The molecule has 26 heavy (non-hydrogen) atoms. The largest absolute Gasteiger partial charge is 0.619 e. The van der Waals surface area contributed by atoms with Crippen LogP contribution in [0.1, 0.15) is 29.4 Å². The molecule has 0 fully saturated rings. The molecule has 8 heteroatoms. The minimum Gasteiger partial charge on any atom is -0.619 e. The van der Waals surface area contributed by atoms with Gasteiger partial charge in [-0.2, -0.15) is 4.73 Å². The van der Waals surface area contributed by atoms with Crippen LogP contribution in [0, 0.1) is 5.21 Å². The fraction of sp³-hybridized carbons (Fsp3) is 0.333. The van der Waals surface area contributed by atoms with Gasteiger partial charge in [0.15, 0.2) is 12.4 Å². The van der Waals surface area contributed by atoms with Crippen LogP contribution in [0.3, 0.4) is 0 Å². The van der Waals surface area contributed by atoms with E-state index in [1.165, 1.54) is 30.7 Å². The van der Waals surface area contributed by atoms with Gasteiger partial charge in [0.05, 0.1) is 12.6 Å². The Morgan fingerprint density at radius 2 is 2.12 bits per heavy atom. The van der Waals surface area contributed by atoms with Gasteiger partial charge >= 0.3 is 0 Å². The summed E-state index contributed by atoms with van der Waals surface area (Å²) >= 11 is 0. The predicted octanol–water partition coefficient (Wildman–Crippen LogP) is 0.632. The third-order valence-electron chi connectivity index (χ3n) is 3.69. The highest BCUT2D eigenvalue weighted by molar-refractivity contribution is 5.93. The molecule has 0 saturated carbocycles. The molecule has 2 heterocycles. The highest BCUT2D eigenvalue weighted by Gasteiger charge is 2.15. The summed E-state index contributed by atoms with van der Waals surface area (Å²) in [4.78, 5) is 30.2. The minimum atomic E-state index is -0.362. The fourth-order valence-electron chi connectivity index (χ4n) is 2.41. The summed E-state index contributed by atoms with van der Waals surface area (Å²) in [5.41, 5.74) is 0.839. The van der Waals surface area contributed by atoms with Gasteiger partial charge in [-0.1, -0.05) is 6.92 Å². The Morgan fingerprint density at radius 1 is 1.31 bits per heavy atom. The molecule has 0 aliphatic carbocycles. The van der Waals surface area contributed by atoms with Crippen molar-refractivity contribution in [3.05, 3.63) is 59.3 Å². The van der Waals surface area contributed by atoms with E-state index in [9.17, 15) is 19.9 Å². The molecule has 0 spiro atoms. The summed E-state index contributed by atoms with van der Waals surface area (Å²) in [6.07, 6.45) is 4.71. The van der Waals surface area contributed by atoms with Crippen molar-refractivity contribution in [2.24, 2.45) is 0 Å². The molecule has 2 rings (SSSR count). The highest BCUT2D eigenvalue weighted by Crippen LogP contribution is 2.07. The smallest absolute Gasteiger partial charge is 0.257 e. The van der Waals surface area contributed by atoms with Crippen molar-refractivity contribution >= 4 is 11.8 Å². The Morgan fingerprint density at radius 3 is 2.77 bits per heavy atom. The van der Waals surface area contributed by atoms with E-state index in [2.05, 4.69) is 10.3 Å². The van der Waals surface area contributed by atoms with E-state index < -0.39 is 0 Å². The van der Waals surface area contributed by atoms with Gasteiger partial charge in [-0.3, -0.25) is 14.6 Å². The van der Waals surface area contributed by atoms with Gasteiger partial charge in [0.1, 0.15) is 11.3 Å². The predicted molar refractivity (Wildman–Crippen MR) is 94.2 cm³/mol. The topological polar surface area (TPSA) is 109 Å². The van der Waals surface area contributed by atoms with Crippen LogP contribution in [0.15, 0.2) is 42.9 Å². The summed E-state index contributed by atoms with van der Waals surface area (Å²) in [7, 11) is 0. The number of hydrogen-bond acceptors (Lipinski definition) is 5. The van der Waals surface area contributed by atoms with Gasteiger partial charge < -0.3 is 20.5 Å². The van der Waals surface area contributed by atoms with Crippen molar-refractivity contribution in [1.82, 2.24) is 15.2 Å². The van der Waals surface area contributed by atoms with Crippen molar-refractivity contribution in [3.8, 4) is 5.75 Å². The number of nitrogens with zero attached hydrogens (tertiary/aromatic N) is 3. The highest BCUT2D eigenvalue weighted by atomic mass is 16.5. The summed E-state index contributed by atoms with van der Waals surface area (Å²) in [5, 5.41) is 23.2. The van der Waals surface area contributed by atoms with E-state index in [0.717, 1.165) is 6.42 Å². The molecule has 2 N–H and O–H groups in total. The number of aromatic nitrogens is 2. The second-order valence-electron chi connectivity index (χ2n) is 5.77. The van der Waals surface area contributed by atoms with Gasteiger partial charge in [0, 0.05) is 31.4 Å². The molecule has 0 radical (unpaired) electrons. The maximum Gasteiger partial charge on any atom is 0.257 e. The van der Waals surface area contributed by atoms with E-state index in [1.807, 2.05) is 6.92 Å². The lowest BCUT2D eigenvalue weighted by Gasteiger charge is -2.22. The Kier molecular flexibility index (Phi) is 6.90. The number of hydrogen-bond donors (Lipinski definition) is 2. The first-order valence-corrected chi connectivity index (χ1v) is 8.38. The first-order chi connectivity index (χ1) is 12.5. The van der Waals surface area contributed by atoms with E-state index in [0.29, 0.717) is 23.5 Å². The maximum absolute atomic E-state index is 12.4. The van der Waals surface area contributed by atoms with Gasteiger partial charge in [0.25, 0.3) is 5.91 Å². The molecule has 0 saturated heterocycles. The molecule has 0 bridgehead atoms. The van der Waals surface area contributed by atoms with Crippen molar-refractivity contribution in [2.75, 3.05) is 19.6 Å². The molecule has 0 atom stereocenters. The fourth-order valence-corrected chi connectivity index (χ4v) is 2.41. The number of carbonyl (C=O) groups excluding carboxylic acids is 2. The molecule has 2 amide bonds. The van der Waals surface area contributed by atoms with Crippen molar-refractivity contribution < 1.29 is 19.4 Å². The van der Waals surface area contributed by atoms with Crippen molar-refractivity contribution in [3.63, 3.8) is 0 Å². The molecule has 138 valence electrons. The zero-order valence-electron chi connectivity index (χ0n) is 14.6. The maximum atomic E-state index is 12.4. The summed E-state index contributed by atoms with van der Waals surface area (Å²) in [6, 6.07) is 6.14. The molecule has 2 aromatic heterocycles. The van der Waals surface area contributed by atoms with E-state index >= 15 is 0 Å². The molecule has 0 aromatic carbocycles. The normalized spacial score (nSPS) is 10.3. The third-order valence-corrected chi connectivity index (χ3v) is 3.69. The zero-order chi connectivity index (χ0) is 18.9.